The van der Waals surface area contributed by atoms with Gasteiger partial charge in [0, 0.05) is 25.3 Å². The second-order valence-electron chi connectivity index (χ2n) is 7.11. The zero-order valence-corrected chi connectivity index (χ0v) is 15.0. The molecule has 7 nitrogen and oxygen atoms in total. The Bertz CT molecular complexity index is 574. The summed E-state index contributed by atoms with van der Waals surface area (Å²) in [5.74, 6) is -1.17. The number of allylic oxidation sites excluding steroid dienone is 2. The van der Waals surface area contributed by atoms with Crippen molar-refractivity contribution >= 4 is 18.0 Å². The van der Waals surface area contributed by atoms with Crippen molar-refractivity contribution in [2.75, 3.05) is 6.54 Å². The molecule has 0 spiro atoms. The number of aliphatic carboxylic acids is 1. The number of alkyl carbamates (subject to hydrolysis) is 1. The van der Waals surface area contributed by atoms with Gasteiger partial charge in [-0.15, -0.1) is 0 Å². The molecule has 4 atom stereocenters. The molecule has 1 fully saturated rings. The number of esters is 1. The average molecular weight is 353 g/mol. The minimum Gasteiger partial charge on any atom is -0.481 e. The fraction of sp³-hybridized carbons (Fsp3) is 0.722. The fourth-order valence-electron chi connectivity index (χ4n) is 4.42. The molecular weight excluding hydrogens is 326 g/mol. The van der Waals surface area contributed by atoms with Crippen LogP contribution in [0.25, 0.3) is 0 Å². The Kier molecular flexibility index (Phi) is 5.75. The lowest BCUT2D eigenvalue weighted by Crippen LogP contribution is -2.59. The number of rotatable bonds is 8. The molecule has 0 aromatic rings. The molecule has 2 N–H and O–H groups in total. The van der Waals surface area contributed by atoms with E-state index in [1.165, 1.54) is 6.92 Å². The van der Waals surface area contributed by atoms with Gasteiger partial charge in [0.1, 0.15) is 0 Å². The van der Waals surface area contributed by atoms with E-state index in [4.69, 9.17) is 9.47 Å². The molecule has 7 heteroatoms. The second kappa shape index (κ2) is 7.45. The zero-order chi connectivity index (χ0) is 18.7. The molecule has 0 saturated heterocycles. The van der Waals surface area contributed by atoms with E-state index in [-0.39, 0.29) is 30.7 Å². The maximum atomic E-state index is 11.9. The fourth-order valence-corrected chi connectivity index (χ4v) is 4.42. The summed E-state index contributed by atoms with van der Waals surface area (Å²) in [5, 5.41) is 12.0. The van der Waals surface area contributed by atoms with Gasteiger partial charge < -0.3 is 19.9 Å². The summed E-state index contributed by atoms with van der Waals surface area (Å²) < 4.78 is 9.88. The van der Waals surface area contributed by atoms with Gasteiger partial charge in [0.25, 0.3) is 0 Å². The van der Waals surface area contributed by atoms with Crippen molar-refractivity contribution in [1.29, 1.82) is 0 Å². The van der Waals surface area contributed by atoms with Crippen LogP contribution in [0.4, 0.5) is 4.79 Å². The van der Waals surface area contributed by atoms with E-state index in [2.05, 4.69) is 24.4 Å². The Morgan fingerprint density at radius 1 is 1.32 bits per heavy atom. The lowest BCUT2D eigenvalue weighted by atomic mass is 9.44. The van der Waals surface area contributed by atoms with Crippen molar-refractivity contribution in [3.63, 3.8) is 0 Å². The van der Waals surface area contributed by atoms with Crippen LogP contribution in [0.2, 0.25) is 0 Å². The molecule has 1 amide bonds. The summed E-state index contributed by atoms with van der Waals surface area (Å²) in [5.41, 5.74) is -0.359. The minimum absolute atomic E-state index is 0.00438. The van der Waals surface area contributed by atoms with Gasteiger partial charge in [0.2, 0.25) is 6.29 Å². The Morgan fingerprint density at radius 3 is 2.64 bits per heavy atom. The highest BCUT2D eigenvalue weighted by atomic mass is 16.7. The van der Waals surface area contributed by atoms with E-state index in [1.54, 1.807) is 6.92 Å². The first kappa shape index (κ1) is 19.3. The van der Waals surface area contributed by atoms with Crippen LogP contribution in [0.15, 0.2) is 12.2 Å². The normalized spacial score (nSPS) is 30.8. The van der Waals surface area contributed by atoms with Gasteiger partial charge in [-0.25, -0.2) is 4.79 Å². The van der Waals surface area contributed by atoms with Crippen LogP contribution >= 0.6 is 0 Å². The Hall–Kier alpha value is -2.05. The molecule has 2 rings (SSSR count). The number of fused-ring (bicyclic) bond motifs is 1. The average Bonchev–Trinajstić information content (AvgIpc) is 2.89. The van der Waals surface area contributed by atoms with Crippen molar-refractivity contribution in [2.45, 2.75) is 59.2 Å². The second-order valence-corrected chi connectivity index (χ2v) is 7.11. The number of amides is 1. The summed E-state index contributed by atoms with van der Waals surface area (Å²) >= 11 is 0. The van der Waals surface area contributed by atoms with Gasteiger partial charge in [-0.2, -0.15) is 0 Å². The summed E-state index contributed by atoms with van der Waals surface area (Å²) in [6.07, 6.45) is 5.43. The maximum absolute atomic E-state index is 11.9. The summed E-state index contributed by atoms with van der Waals surface area (Å²) in [7, 11) is 0. The minimum atomic E-state index is -0.981. The molecule has 25 heavy (non-hydrogen) atoms. The maximum Gasteiger partial charge on any atom is 0.410 e. The third-order valence-electron chi connectivity index (χ3n) is 5.53. The number of hydrogen-bond acceptors (Lipinski definition) is 5. The van der Waals surface area contributed by atoms with Gasteiger partial charge in [-0.1, -0.05) is 26.0 Å². The van der Waals surface area contributed by atoms with E-state index < -0.39 is 29.7 Å². The van der Waals surface area contributed by atoms with Crippen molar-refractivity contribution < 1.29 is 29.0 Å². The molecule has 0 radical (unpaired) electrons. The Morgan fingerprint density at radius 2 is 2.04 bits per heavy atom. The van der Waals surface area contributed by atoms with Crippen LogP contribution < -0.4 is 5.32 Å². The highest BCUT2D eigenvalue weighted by molar-refractivity contribution is 5.71. The molecule has 0 bridgehead atoms. The molecule has 0 aromatic heterocycles. The number of carboxylic acids is 1. The van der Waals surface area contributed by atoms with E-state index in [1.807, 2.05) is 0 Å². The lowest BCUT2D eigenvalue weighted by molar-refractivity contribution is -0.165. The summed E-state index contributed by atoms with van der Waals surface area (Å²) in [6, 6.07) is 0. The quantitative estimate of drug-likeness (QED) is 0.395. The van der Waals surface area contributed by atoms with Crippen LogP contribution in [0, 0.1) is 16.7 Å². The van der Waals surface area contributed by atoms with E-state index in [0.29, 0.717) is 0 Å². The third kappa shape index (κ3) is 3.96. The van der Waals surface area contributed by atoms with Gasteiger partial charge in [-0.3, -0.25) is 9.59 Å². The monoisotopic (exact) mass is 353 g/mol. The van der Waals surface area contributed by atoms with Crippen LogP contribution in [-0.2, 0) is 19.1 Å². The van der Waals surface area contributed by atoms with E-state index in [9.17, 15) is 19.5 Å². The highest BCUT2D eigenvalue weighted by Crippen LogP contribution is 2.67. The Labute approximate surface area is 147 Å². The zero-order valence-electron chi connectivity index (χ0n) is 15.0. The number of carbonyl (C=O) groups is 3. The third-order valence-corrected chi connectivity index (χ3v) is 5.53. The molecular formula is C18H27NO6. The standard InChI is InChI=1S/C18H27NO6/c1-4-15(22)24-12(3)25-16(23)19-11-18(9-14(20)21)10-17(5-2)8-6-7-13(17)18/h6-7,12-13H,4-5,8-11H2,1-3H3,(H,19,23)(H,20,21)/t12-,13-,17-,18+/m0/s1. The van der Waals surface area contributed by atoms with Crippen LogP contribution in [0.5, 0.6) is 0 Å². The van der Waals surface area contributed by atoms with Crippen LogP contribution in [0.3, 0.4) is 0 Å². The summed E-state index contributed by atoms with van der Waals surface area (Å²) in [6.45, 7) is 5.46. The largest absolute Gasteiger partial charge is 0.481 e. The molecule has 1 saturated carbocycles. The van der Waals surface area contributed by atoms with Crippen molar-refractivity contribution in [1.82, 2.24) is 5.32 Å². The molecule has 2 aliphatic rings. The number of carboxylic acid groups (broad SMARTS) is 1. The number of nitrogens with one attached hydrogen (secondary N) is 1. The predicted octanol–water partition coefficient (Wildman–Crippen LogP) is 2.85. The van der Waals surface area contributed by atoms with Crippen molar-refractivity contribution in [3.05, 3.63) is 12.2 Å². The Balaban J connectivity index is 1.93. The molecule has 0 aromatic carbocycles. The topological polar surface area (TPSA) is 102 Å². The molecule has 140 valence electrons. The first-order chi connectivity index (χ1) is 11.8. The van der Waals surface area contributed by atoms with Gasteiger partial charge in [-0.05, 0) is 30.6 Å². The van der Waals surface area contributed by atoms with E-state index in [0.717, 1.165) is 19.3 Å². The predicted molar refractivity (Wildman–Crippen MR) is 89.6 cm³/mol. The van der Waals surface area contributed by atoms with Crippen LogP contribution in [0.1, 0.15) is 52.9 Å². The molecule has 2 aliphatic carbocycles. The van der Waals surface area contributed by atoms with Crippen molar-refractivity contribution in [3.8, 4) is 0 Å². The number of carbonyl (C=O) groups excluding carboxylic acids is 2. The SMILES string of the molecule is CCC(=O)O[C@H](C)OC(=O)NC[C@@]1(CC(=O)O)C[C@]2(CC)CC=C[C@@H]21. The first-order valence-electron chi connectivity index (χ1n) is 8.79. The van der Waals surface area contributed by atoms with Crippen LogP contribution in [-0.4, -0.2) is 36.0 Å². The van der Waals surface area contributed by atoms with Gasteiger partial charge >= 0.3 is 18.0 Å². The van der Waals surface area contributed by atoms with E-state index >= 15 is 0 Å². The van der Waals surface area contributed by atoms with Gasteiger partial charge in [0.15, 0.2) is 0 Å². The van der Waals surface area contributed by atoms with Crippen molar-refractivity contribution in [2.24, 2.45) is 16.7 Å². The molecule has 0 heterocycles. The first-order valence-corrected chi connectivity index (χ1v) is 8.79. The number of ether oxygens (including phenoxy) is 2. The molecule has 0 unspecified atom stereocenters. The smallest absolute Gasteiger partial charge is 0.410 e. The highest BCUT2D eigenvalue weighted by Gasteiger charge is 2.62. The molecule has 0 aliphatic heterocycles. The lowest BCUT2D eigenvalue weighted by Gasteiger charge is -2.60. The van der Waals surface area contributed by atoms with Gasteiger partial charge in [0.05, 0.1) is 6.42 Å². The summed E-state index contributed by atoms with van der Waals surface area (Å²) in [4.78, 5) is 34.5. The number of hydrogen-bond donors (Lipinski definition) is 2.